The molecule has 7 heteroatoms. The first-order chi connectivity index (χ1) is 3.56. The smallest absolute Gasteiger partial charge is 0.780 e. The van der Waals surface area contributed by atoms with E-state index in [4.69, 9.17) is 0 Å². The molecule has 0 saturated heterocycles. The number of phosphoric acid groups is 1. The van der Waals surface area contributed by atoms with Crippen molar-refractivity contribution in [2.24, 2.45) is 0 Å². The summed E-state index contributed by atoms with van der Waals surface area (Å²) in [4.78, 5) is 19.2. The van der Waals surface area contributed by atoms with Crippen molar-refractivity contribution in [3.05, 3.63) is 12.3 Å². The van der Waals surface area contributed by atoms with Crippen LogP contribution in [0.3, 0.4) is 0 Å². The van der Waals surface area contributed by atoms with Gasteiger partial charge in [0.05, 0.1) is 6.26 Å². The average Bonchev–Trinajstić information content (AvgIpc) is 1.59. The Morgan fingerprint density at radius 3 is 1.90 bits per heavy atom. The fourth-order valence-corrected chi connectivity index (χ4v) is 0.406. The SMILES string of the molecule is CC=COP(=O)([O-])[O-].[Li+].[Li+]. The summed E-state index contributed by atoms with van der Waals surface area (Å²) < 4.78 is 13.2. The van der Waals surface area contributed by atoms with Gasteiger partial charge >= 0.3 is 37.7 Å². The molecule has 0 aromatic heterocycles. The van der Waals surface area contributed by atoms with Crippen LogP contribution in [0.2, 0.25) is 0 Å². The van der Waals surface area contributed by atoms with Crippen LogP contribution in [0.15, 0.2) is 12.3 Å². The third-order valence-corrected chi connectivity index (χ3v) is 0.706. The van der Waals surface area contributed by atoms with Crippen LogP contribution in [-0.4, -0.2) is 0 Å². The van der Waals surface area contributed by atoms with Gasteiger partial charge in [0.15, 0.2) is 0 Å². The predicted octanol–water partition coefficient (Wildman–Crippen LogP) is -6.63. The molecule has 0 saturated carbocycles. The Kier molecular flexibility index (Phi) is 13.7. The fourth-order valence-electron chi connectivity index (χ4n) is 0.135. The molecule has 0 spiro atoms. The van der Waals surface area contributed by atoms with Gasteiger partial charge in [0, 0.05) is 0 Å². The molecule has 48 valence electrons. The maximum absolute atomic E-state index is 9.59. The standard InChI is InChI=1S/C3H7O4P.2Li/c1-2-3-7-8(4,5)6;;/h2-3H,1H3,(H2,4,5,6);;/q;2*+1/p-2. The molecule has 0 bridgehead atoms. The van der Waals surface area contributed by atoms with E-state index in [-0.39, 0.29) is 37.7 Å². The minimum absolute atomic E-state index is 0. The van der Waals surface area contributed by atoms with Crippen LogP contribution in [0.4, 0.5) is 0 Å². The monoisotopic (exact) mass is 150 g/mol. The van der Waals surface area contributed by atoms with Gasteiger partial charge in [-0.15, -0.1) is 0 Å². The van der Waals surface area contributed by atoms with Crippen LogP contribution < -0.4 is 47.5 Å². The van der Waals surface area contributed by atoms with Crippen LogP contribution in [0.1, 0.15) is 6.92 Å². The van der Waals surface area contributed by atoms with Crippen LogP contribution in [0, 0.1) is 0 Å². The molecule has 0 aliphatic rings. The summed E-state index contributed by atoms with van der Waals surface area (Å²) in [6.07, 6.45) is 2.13. The summed E-state index contributed by atoms with van der Waals surface area (Å²) in [6.45, 7) is 1.54. The number of hydrogen-bond acceptors (Lipinski definition) is 4. The maximum atomic E-state index is 9.59. The van der Waals surface area contributed by atoms with Crippen molar-refractivity contribution in [3.63, 3.8) is 0 Å². The first kappa shape index (κ1) is 17.1. The first-order valence-electron chi connectivity index (χ1n) is 1.88. The third-order valence-electron chi connectivity index (χ3n) is 0.326. The molecule has 0 N–H and O–H groups in total. The van der Waals surface area contributed by atoms with Gasteiger partial charge in [-0.3, -0.25) is 0 Å². The zero-order chi connectivity index (χ0) is 6.62. The maximum Gasteiger partial charge on any atom is 1.00 e. The Morgan fingerprint density at radius 2 is 1.80 bits per heavy atom. The number of allylic oxidation sites excluding steroid dienone is 1. The second kappa shape index (κ2) is 7.99. The van der Waals surface area contributed by atoms with Crippen molar-refractivity contribution in [2.45, 2.75) is 6.92 Å². The average molecular weight is 150 g/mol. The van der Waals surface area contributed by atoms with Crippen molar-refractivity contribution in [1.82, 2.24) is 0 Å². The molecule has 0 aliphatic carbocycles. The molecule has 0 aromatic carbocycles. The number of hydrogen-bond donors (Lipinski definition) is 0. The van der Waals surface area contributed by atoms with Crippen LogP contribution >= 0.6 is 7.82 Å². The number of rotatable bonds is 2. The first-order valence-corrected chi connectivity index (χ1v) is 3.34. The van der Waals surface area contributed by atoms with Gasteiger partial charge in [-0.1, -0.05) is 6.08 Å². The molecular weight excluding hydrogens is 145 g/mol. The van der Waals surface area contributed by atoms with Crippen molar-refractivity contribution >= 4 is 7.82 Å². The zero-order valence-corrected chi connectivity index (χ0v) is 7.13. The second-order valence-corrected chi connectivity index (χ2v) is 2.13. The molecule has 0 atom stereocenters. The Bertz CT molecular complexity index is 130. The summed E-state index contributed by atoms with van der Waals surface area (Å²) in [7, 11) is -4.77. The van der Waals surface area contributed by atoms with Gasteiger partial charge in [-0.25, -0.2) is 0 Å². The molecule has 0 heterocycles. The minimum atomic E-state index is -4.77. The van der Waals surface area contributed by atoms with E-state index in [0.29, 0.717) is 0 Å². The van der Waals surface area contributed by atoms with Gasteiger partial charge < -0.3 is 18.9 Å². The van der Waals surface area contributed by atoms with Gasteiger partial charge in [0.25, 0.3) is 0 Å². The summed E-state index contributed by atoms with van der Waals surface area (Å²) in [5.41, 5.74) is 0. The fraction of sp³-hybridized carbons (Fsp3) is 0.333. The van der Waals surface area contributed by atoms with Crippen molar-refractivity contribution < 1.29 is 56.6 Å². The Balaban J connectivity index is -0.000000245. The van der Waals surface area contributed by atoms with E-state index in [1.165, 1.54) is 13.0 Å². The molecular formula is C3H5Li2O4P. The largest absolute Gasteiger partial charge is 1.00 e. The summed E-state index contributed by atoms with van der Waals surface area (Å²) in [5.74, 6) is 0. The van der Waals surface area contributed by atoms with Gasteiger partial charge in [0.1, 0.15) is 7.82 Å². The Morgan fingerprint density at radius 1 is 1.40 bits per heavy atom. The van der Waals surface area contributed by atoms with Gasteiger partial charge in [-0.05, 0) is 6.92 Å². The van der Waals surface area contributed by atoms with E-state index in [1.807, 2.05) is 0 Å². The van der Waals surface area contributed by atoms with E-state index >= 15 is 0 Å². The molecule has 0 rings (SSSR count). The van der Waals surface area contributed by atoms with E-state index < -0.39 is 7.82 Å². The van der Waals surface area contributed by atoms with Crippen molar-refractivity contribution in [2.75, 3.05) is 0 Å². The van der Waals surface area contributed by atoms with E-state index in [9.17, 15) is 14.4 Å². The summed E-state index contributed by atoms with van der Waals surface area (Å²) in [5, 5.41) is 0. The molecule has 4 nitrogen and oxygen atoms in total. The number of phosphoric ester groups is 1. The molecule has 0 radical (unpaired) electrons. The minimum Gasteiger partial charge on any atom is -0.780 e. The molecule has 0 amide bonds. The van der Waals surface area contributed by atoms with E-state index in [1.54, 1.807) is 0 Å². The summed E-state index contributed by atoms with van der Waals surface area (Å²) in [6, 6.07) is 0. The zero-order valence-electron chi connectivity index (χ0n) is 6.23. The Labute approximate surface area is 83.6 Å². The molecule has 0 aliphatic heterocycles. The van der Waals surface area contributed by atoms with Crippen LogP contribution in [0.5, 0.6) is 0 Å². The van der Waals surface area contributed by atoms with Crippen LogP contribution in [-0.2, 0) is 9.09 Å². The topological polar surface area (TPSA) is 72.4 Å². The molecule has 0 unspecified atom stereocenters. The van der Waals surface area contributed by atoms with E-state index in [0.717, 1.165) is 6.26 Å². The van der Waals surface area contributed by atoms with Gasteiger partial charge in [-0.2, -0.15) is 0 Å². The molecule has 10 heavy (non-hydrogen) atoms. The normalized spacial score (nSPS) is 9.90. The molecule has 0 fully saturated rings. The van der Waals surface area contributed by atoms with Crippen molar-refractivity contribution in [3.8, 4) is 0 Å². The Hall–Kier alpha value is 0.885. The second-order valence-electron chi connectivity index (χ2n) is 1.02. The predicted molar refractivity (Wildman–Crippen MR) is 23.5 cm³/mol. The van der Waals surface area contributed by atoms with Gasteiger partial charge in [0.2, 0.25) is 0 Å². The molecule has 0 aromatic rings. The third kappa shape index (κ3) is 16.0. The van der Waals surface area contributed by atoms with E-state index in [2.05, 4.69) is 4.52 Å². The van der Waals surface area contributed by atoms with Crippen molar-refractivity contribution in [1.29, 1.82) is 0 Å². The van der Waals surface area contributed by atoms with Crippen LogP contribution in [0.25, 0.3) is 0 Å². The quantitative estimate of drug-likeness (QED) is 0.223. The summed E-state index contributed by atoms with van der Waals surface area (Å²) >= 11 is 0.